The van der Waals surface area contributed by atoms with Crippen LogP contribution in [0.5, 0.6) is 0 Å². The summed E-state index contributed by atoms with van der Waals surface area (Å²) in [4.78, 5) is 11.5. The van der Waals surface area contributed by atoms with Gasteiger partial charge in [-0.3, -0.25) is 9.69 Å². The first-order chi connectivity index (χ1) is 6.87. The average molecular weight is 227 g/mol. The minimum Gasteiger partial charge on any atom is -0.481 e. The zero-order valence-electron chi connectivity index (χ0n) is 7.96. The van der Waals surface area contributed by atoms with Crippen molar-refractivity contribution in [2.24, 2.45) is 0 Å². The first-order valence-corrected chi connectivity index (χ1v) is 4.49. The lowest BCUT2D eigenvalue weighted by molar-refractivity contribution is -0.162. The van der Waals surface area contributed by atoms with E-state index in [1.54, 1.807) is 0 Å². The van der Waals surface area contributed by atoms with Gasteiger partial charge in [0.1, 0.15) is 0 Å². The number of carboxylic acid groups (broad SMARTS) is 1. The third-order valence-corrected chi connectivity index (χ3v) is 2.03. The van der Waals surface area contributed by atoms with Crippen LogP contribution in [0.2, 0.25) is 0 Å². The van der Waals surface area contributed by atoms with Gasteiger partial charge in [0.25, 0.3) is 0 Å². The van der Waals surface area contributed by atoms with E-state index in [0.29, 0.717) is 0 Å². The van der Waals surface area contributed by atoms with Gasteiger partial charge in [0.05, 0.1) is 25.7 Å². The predicted octanol–water partition coefficient (Wildman–Crippen LogP) is 0.724. The summed E-state index contributed by atoms with van der Waals surface area (Å²) in [6, 6.07) is 0. The number of alkyl halides is 3. The van der Waals surface area contributed by atoms with Crippen molar-refractivity contribution < 1.29 is 27.8 Å². The highest BCUT2D eigenvalue weighted by molar-refractivity contribution is 5.67. The number of aliphatic carboxylic acids is 1. The molecular formula is C8H12F3NO3. The summed E-state index contributed by atoms with van der Waals surface area (Å²) in [6.45, 7) is -0.651. The maximum absolute atomic E-state index is 12.0. The minimum atomic E-state index is -4.24. The van der Waals surface area contributed by atoms with Gasteiger partial charge in [-0.15, -0.1) is 0 Å². The summed E-state index contributed by atoms with van der Waals surface area (Å²) in [7, 11) is 0. The smallest absolute Gasteiger partial charge is 0.401 e. The largest absolute Gasteiger partial charge is 0.481 e. The maximum Gasteiger partial charge on any atom is 0.401 e. The third-order valence-electron chi connectivity index (χ3n) is 2.03. The molecule has 1 aliphatic rings. The summed E-state index contributed by atoms with van der Waals surface area (Å²) in [5, 5.41) is 8.46. The summed E-state index contributed by atoms with van der Waals surface area (Å²) in [6.07, 6.45) is -5.14. The van der Waals surface area contributed by atoms with Crippen LogP contribution >= 0.6 is 0 Å². The molecule has 0 saturated carbocycles. The molecule has 0 aliphatic carbocycles. The van der Waals surface area contributed by atoms with Gasteiger partial charge in [0.15, 0.2) is 0 Å². The number of morpholine rings is 1. The molecular weight excluding hydrogens is 215 g/mol. The van der Waals surface area contributed by atoms with Crippen molar-refractivity contribution >= 4 is 5.97 Å². The summed E-state index contributed by atoms with van der Waals surface area (Å²) in [5.41, 5.74) is 0. The zero-order valence-corrected chi connectivity index (χ0v) is 7.96. The highest BCUT2D eigenvalue weighted by Crippen LogP contribution is 2.18. The number of rotatable bonds is 3. The lowest BCUT2D eigenvalue weighted by atomic mass is 10.2. The Morgan fingerprint density at radius 3 is 2.73 bits per heavy atom. The van der Waals surface area contributed by atoms with Crippen molar-refractivity contribution in [1.82, 2.24) is 4.90 Å². The Morgan fingerprint density at radius 2 is 2.20 bits per heavy atom. The predicted molar refractivity (Wildman–Crippen MR) is 44.5 cm³/mol. The van der Waals surface area contributed by atoms with Gasteiger partial charge in [0.2, 0.25) is 0 Å². The van der Waals surface area contributed by atoms with Crippen LogP contribution in [0.1, 0.15) is 6.42 Å². The molecule has 0 aromatic heterocycles. The Hall–Kier alpha value is -0.820. The second-order valence-corrected chi connectivity index (χ2v) is 3.44. The number of hydrogen-bond acceptors (Lipinski definition) is 3. The van der Waals surface area contributed by atoms with Crippen molar-refractivity contribution in [3.63, 3.8) is 0 Å². The molecule has 4 nitrogen and oxygen atoms in total. The van der Waals surface area contributed by atoms with E-state index in [4.69, 9.17) is 9.84 Å². The number of ether oxygens (including phenoxy) is 1. The molecule has 1 N–H and O–H groups in total. The van der Waals surface area contributed by atoms with Gasteiger partial charge in [-0.2, -0.15) is 13.2 Å². The normalized spacial score (nSPS) is 24.1. The summed E-state index contributed by atoms with van der Waals surface area (Å²) >= 11 is 0. The Bertz CT molecular complexity index is 232. The van der Waals surface area contributed by atoms with E-state index >= 15 is 0 Å². The number of hydrogen-bond donors (Lipinski definition) is 1. The van der Waals surface area contributed by atoms with Gasteiger partial charge in [-0.05, 0) is 0 Å². The van der Waals surface area contributed by atoms with Crippen molar-refractivity contribution in [1.29, 1.82) is 0 Å². The summed E-state index contributed by atoms with van der Waals surface area (Å²) in [5.74, 6) is -1.06. The van der Waals surface area contributed by atoms with Crippen LogP contribution in [0, 0.1) is 0 Å². The Kier molecular flexibility index (Phi) is 3.92. The van der Waals surface area contributed by atoms with Crippen LogP contribution in [0.25, 0.3) is 0 Å². The van der Waals surface area contributed by atoms with Crippen LogP contribution in [0.4, 0.5) is 13.2 Å². The van der Waals surface area contributed by atoms with Gasteiger partial charge in [0, 0.05) is 13.1 Å². The maximum atomic E-state index is 12.0. The molecule has 0 spiro atoms. The standard InChI is InChI=1S/C8H12F3NO3/c9-8(10,11)5-12-1-2-15-6(4-12)3-7(13)14/h6H,1-5H2,(H,13,14). The van der Waals surface area contributed by atoms with Crippen LogP contribution in [-0.2, 0) is 9.53 Å². The number of carbonyl (C=O) groups is 1. The van der Waals surface area contributed by atoms with Crippen molar-refractivity contribution in [2.75, 3.05) is 26.2 Å². The van der Waals surface area contributed by atoms with Gasteiger partial charge in [-0.1, -0.05) is 0 Å². The first-order valence-electron chi connectivity index (χ1n) is 4.49. The van der Waals surface area contributed by atoms with Crippen LogP contribution in [0.15, 0.2) is 0 Å². The van der Waals surface area contributed by atoms with E-state index in [-0.39, 0.29) is 26.1 Å². The lowest BCUT2D eigenvalue weighted by Gasteiger charge is -2.32. The van der Waals surface area contributed by atoms with Crippen LogP contribution < -0.4 is 0 Å². The van der Waals surface area contributed by atoms with Crippen molar-refractivity contribution in [3.8, 4) is 0 Å². The third kappa shape index (κ3) is 4.98. The Balaban J connectivity index is 2.38. The van der Waals surface area contributed by atoms with E-state index in [1.807, 2.05) is 0 Å². The highest BCUT2D eigenvalue weighted by Gasteiger charge is 2.33. The van der Waals surface area contributed by atoms with E-state index < -0.39 is 24.8 Å². The molecule has 1 fully saturated rings. The molecule has 0 bridgehead atoms. The second kappa shape index (κ2) is 4.80. The molecule has 1 atom stereocenters. The lowest BCUT2D eigenvalue weighted by Crippen LogP contribution is -2.46. The fourth-order valence-electron chi connectivity index (χ4n) is 1.50. The number of halogens is 3. The molecule has 15 heavy (non-hydrogen) atoms. The number of carboxylic acids is 1. The van der Waals surface area contributed by atoms with Crippen LogP contribution in [0.3, 0.4) is 0 Å². The number of nitrogens with zero attached hydrogens (tertiary/aromatic N) is 1. The molecule has 0 aromatic rings. The Morgan fingerprint density at radius 1 is 1.53 bits per heavy atom. The fourth-order valence-corrected chi connectivity index (χ4v) is 1.50. The SMILES string of the molecule is O=C(O)CC1CN(CC(F)(F)F)CCO1. The molecule has 7 heteroatoms. The first kappa shape index (κ1) is 12.3. The second-order valence-electron chi connectivity index (χ2n) is 3.44. The van der Waals surface area contributed by atoms with Gasteiger partial charge >= 0.3 is 12.1 Å². The molecule has 0 amide bonds. The van der Waals surface area contributed by atoms with E-state index in [9.17, 15) is 18.0 Å². The molecule has 1 unspecified atom stereocenters. The minimum absolute atomic E-state index is 0.0197. The summed E-state index contributed by atoms with van der Waals surface area (Å²) < 4.78 is 41.1. The fraction of sp³-hybridized carbons (Fsp3) is 0.875. The van der Waals surface area contributed by atoms with E-state index in [2.05, 4.69) is 0 Å². The van der Waals surface area contributed by atoms with Crippen molar-refractivity contribution in [3.05, 3.63) is 0 Å². The van der Waals surface area contributed by atoms with Crippen molar-refractivity contribution in [2.45, 2.75) is 18.7 Å². The molecule has 0 radical (unpaired) electrons. The van der Waals surface area contributed by atoms with E-state index in [1.165, 1.54) is 0 Å². The van der Waals surface area contributed by atoms with Crippen LogP contribution in [-0.4, -0.2) is 54.5 Å². The van der Waals surface area contributed by atoms with Gasteiger partial charge in [-0.25, -0.2) is 0 Å². The monoisotopic (exact) mass is 227 g/mol. The highest BCUT2D eigenvalue weighted by atomic mass is 19.4. The molecule has 1 rings (SSSR count). The topological polar surface area (TPSA) is 49.8 Å². The molecule has 1 saturated heterocycles. The average Bonchev–Trinajstić information content (AvgIpc) is 1.99. The molecule has 88 valence electrons. The molecule has 1 aliphatic heterocycles. The van der Waals surface area contributed by atoms with Gasteiger partial charge < -0.3 is 9.84 Å². The quantitative estimate of drug-likeness (QED) is 0.772. The molecule has 0 aromatic carbocycles. The Labute approximate surface area is 84.6 Å². The van der Waals surface area contributed by atoms with E-state index in [0.717, 1.165) is 4.90 Å². The molecule has 1 heterocycles. The zero-order chi connectivity index (χ0) is 11.5.